The van der Waals surface area contributed by atoms with Gasteiger partial charge < -0.3 is 19.6 Å². The summed E-state index contributed by atoms with van der Waals surface area (Å²) in [7, 11) is 0. The lowest BCUT2D eigenvalue weighted by Crippen LogP contribution is -2.16. The van der Waals surface area contributed by atoms with Crippen LogP contribution in [0, 0.1) is 13.8 Å². The van der Waals surface area contributed by atoms with Crippen molar-refractivity contribution in [2.75, 3.05) is 11.9 Å². The molecule has 1 aromatic heterocycles. The number of amides is 1. The summed E-state index contributed by atoms with van der Waals surface area (Å²) in [5, 5.41) is 11.7. The summed E-state index contributed by atoms with van der Waals surface area (Å²) in [6.07, 6.45) is 3.12. The third-order valence-electron chi connectivity index (χ3n) is 3.80. The number of aliphatic carboxylic acids is 1. The number of aryl methyl sites for hydroxylation is 2. The molecule has 0 aliphatic heterocycles. The fraction of sp³-hybridized carbons (Fsp3) is 0.368. The molecule has 1 heterocycles. The van der Waals surface area contributed by atoms with Crippen LogP contribution < -0.4 is 10.1 Å². The molecule has 0 atom stereocenters. The standard InChI is InChI=1S/C19H23NO5/c1-4-5-8-24-14-6-7-15(12(2)9-14)20-19(23)18-13(3)11-25-16(18)10-17(21)22/h6-7,9,11H,4-5,8,10H2,1-3H3,(H,20,23)(H,21,22). The Morgan fingerprint density at radius 2 is 2.00 bits per heavy atom. The molecule has 134 valence electrons. The van der Waals surface area contributed by atoms with Crippen LogP contribution in [0.2, 0.25) is 0 Å². The number of anilines is 1. The van der Waals surface area contributed by atoms with Crippen LogP contribution in [-0.4, -0.2) is 23.6 Å². The Bertz CT molecular complexity index is 763. The summed E-state index contributed by atoms with van der Waals surface area (Å²) >= 11 is 0. The quantitative estimate of drug-likeness (QED) is 0.707. The predicted octanol–water partition coefficient (Wildman–Crippen LogP) is 3.95. The largest absolute Gasteiger partial charge is 0.494 e. The molecule has 0 radical (unpaired) electrons. The first-order valence-corrected chi connectivity index (χ1v) is 8.26. The lowest BCUT2D eigenvalue weighted by atomic mass is 10.1. The van der Waals surface area contributed by atoms with Crippen molar-refractivity contribution < 1.29 is 23.8 Å². The van der Waals surface area contributed by atoms with E-state index in [-0.39, 0.29) is 23.7 Å². The smallest absolute Gasteiger partial charge is 0.311 e. The SMILES string of the molecule is CCCCOc1ccc(NC(=O)c2c(C)coc2CC(=O)O)c(C)c1. The fourth-order valence-corrected chi connectivity index (χ4v) is 2.46. The van der Waals surface area contributed by atoms with Gasteiger partial charge in [-0.3, -0.25) is 9.59 Å². The highest BCUT2D eigenvalue weighted by atomic mass is 16.5. The van der Waals surface area contributed by atoms with Crippen LogP contribution in [0.15, 0.2) is 28.9 Å². The molecular weight excluding hydrogens is 322 g/mol. The number of carbonyl (C=O) groups is 2. The number of ether oxygens (including phenoxy) is 1. The molecule has 0 aliphatic rings. The summed E-state index contributed by atoms with van der Waals surface area (Å²) in [6.45, 7) is 6.35. The molecule has 6 nitrogen and oxygen atoms in total. The van der Waals surface area contributed by atoms with E-state index >= 15 is 0 Å². The molecule has 6 heteroatoms. The number of benzene rings is 1. The van der Waals surface area contributed by atoms with E-state index in [1.165, 1.54) is 6.26 Å². The van der Waals surface area contributed by atoms with Crippen molar-refractivity contribution in [3.8, 4) is 5.75 Å². The van der Waals surface area contributed by atoms with Crippen molar-refractivity contribution in [1.29, 1.82) is 0 Å². The van der Waals surface area contributed by atoms with Crippen molar-refractivity contribution in [2.24, 2.45) is 0 Å². The van der Waals surface area contributed by atoms with Crippen LogP contribution in [0.25, 0.3) is 0 Å². The highest BCUT2D eigenvalue weighted by Gasteiger charge is 2.21. The molecule has 0 unspecified atom stereocenters. The normalized spacial score (nSPS) is 10.5. The monoisotopic (exact) mass is 345 g/mol. The molecule has 1 aromatic carbocycles. The van der Waals surface area contributed by atoms with E-state index in [0.717, 1.165) is 24.2 Å². The molecule has 2 N–H and O–H groups in total. The lowest BCUT2D eigenvalue weighted by Gasteiger charge is -2.11. The summed E-state index contributed by atoms with van der Waals surface area (Å²) in [5.74, 6) is -0.520. The molecule has 0 aliphatic carbocycles. The van der Waals surface area contributed by atoms with Crippen LogP contribution in [0.1, 0.15) is 47.0 Å². The maximum absolute atomic E-state index is 12.6. The Labute approximate surface area is 146 Å². The average Bonchev–Trinajstić information content (AvgIpc) is 2.90. The number of furan rings is 1. The third kappa shape index (κ3) is 4.86. The molecule has 1 amide bonds. The zero-order valence-electron chi connectivity index (χ0n) is 14.7. The van der Waals surface area contributed by atoms with Crippen molar-refractivity contribution in [2.45, 2.75) is 40.0 Å². The van der Waals surface area contributed by atoms with Crippen LogP contribution in [0.3, 0.4) is 0 Å². The molecule has 25 heavy (non-hydrogen) atoms. The van der Waals surface area contributed by atoms with E-state index in [1.54, 1.807) is 19.1 Å². The first kappa shape index (κ1) is 18.6. The third-order valence-corrected chi connectivity index (χ3v) is 3.80. The molecular formula is C19H23NO5. The minimum Gasteiger partial charge on any atom is -0.494 e. The maximum atomic E-state index is 12.6. The van der Waals surface area contributed by atoms with Crippen LogP contribution in [0.4, 0.5) is 5.69 Å². The van der Waals surface area contributed by atoms with E-state index < -0.39 is 5.97 Å². The molecule has 2 rings (SSSR count). The van der Waals surface area contributed by atoms with Crippen LogP contribution in [-0.2, 0) is 11.2 Å². The summed E-state index contributed by atoms with van der Waals surface area (Å²) in [4.78, 5) is 23.5. The Kier molecular flexibility index (Phi) is 6.22. The number of carboxylic acids is 1. The van der Waals surface area contributed by atoms with Gasteiger partial charge in [0.1, 0.15) is 17.9 Å². The Morgan fingerprint density at radius 3 is 2.64 bits per heavy atom. The molecule has 0 saturated carbocycles. The van der Waals surface area contributed by atoms with Gasteiger partial charge in [-0.15, -0.1) is 0 Å². The van der Waals surface area contributed by atoms with Gasteiger partial charge in [-0.1, -0.05) is 13.3 Å². The number of carbonyl (C=O) groups excluding carboxylic acids is 1. The van der Waals surface area contributed by atoms with E-state index in [1.807, 2.05) is 13.0 Å². The van der Waals surface area contributed by atoms with Gasteiger partial charge in [-0.25, -0.2) is 0 Å². The van der Waals surface area contributed by atoms with Crippen molar-refractivity contribution >= 4 is 17.6 Å². The number of nitrogens with one attached hydrogen (secondary N) is 1. The number of carboxylic acid groups (broad SMARTS) is 1. The van der Waals surface area contributed by atoms with Gasteiger partial charge in [0.25, 0.3) is 5.91 Å². The van der Waals surface area contributed by atoms with Gasteiger partial charge in [0.2, 0.25) is 0 Å². The second-order valence-corrected chi connectivity index (χ2v) is 5.92. The van der Waals surface area contributed by atoms with Gasteiger partial charge in [0, 0.05) is 11.3 Å². The van der Waals surface area contributed by atoms with Gasteiger partial charge in [-0.2, -0.15) is 0 Å². The zero-order chi connectivity index (χ0) is 18.4. The van der Waals surface area contributed by atoms with Crippen molar-refractivity contribution in [1.82, 2.24) is 0 Å². The van der Waals surface area contributed by atoms with Gasteiger partial charge >= 0.3 is 5.97 Å². The maximum Gasteiger partial charge on any atom is 0.311 e. The minimum absolute atomic E-state index is 0.152. The van der Waals surface area contributed by atoms with E-state index in [9.17, 15) is 9.59 Å². The average molecular weight is 345 g/mol. The van der Waals surface area contributed by atoms with Crippen LogP contribution >= 0.6 is 0 Å². The summed E-state index contributed by atoms with van der Waals surface area (Å²) in [5.41, 5.74) is 2.38. The minimum atomic E-state index is -1.05. The zero-order valence-corrected chi connectivity index (χ0v) is 14.7. The number of hydrogen-bond acceptors (Lipinski definition) is 4. The summed E-state index contributed by atoms with van der Waals surface area (Å²) < 4.78 is 10.9. The first-order chi connectivity index (χ1) is 11.9. The number of unbranched alkanes of at least 4 members (excludes halogenated alkanes) is 1. The molecule has 2 aromatic rings. The fourth-order valence-electron chi connectivity index (χ4n) is 2.46. The lowest BCUT2D eigenvalue weighted by molar-refractivity contribution is -0.136. The predicted molar refractivity (Wildman–Crippen MR) is 94.3 cm³/mol. The van der Waals surface area contributed by atoms with E-state index in [2.05, 4.69) is 12.2 Å². The second kappa shape index (κ2) is 8.37. The number of rotatable bonds is 8. The topological polar surface area (TPSA) is 88.8 Å². The van der Waals surface area contributed by atoms with Gasteiger partial charge in [-0.05, 0) is 44.0 Å². The van der Waals surface area contributed by atoms with Crippen molar-refractivity contribution in [3.63, 3.8) is 0 Å². The Hall–Kier alpha value is -2.76. The van der Waals surface area contributed by atoms with Gasteiger partial charge in [0.05, 0.1) is 18.4 Å². The molecule has 0 bridgehead atoms. The summed E-state index contributed by atoms with van der Waals surface area (Å²) in [6, 6.07) is 5.45. The Morgan fingerprint density at radius 1 is 1.24 bits per heavy atom. The van der Waals surface area contributed by atoms with E-state index in [4.69, 9.17) is 14.3 Å². The second-order valence-electron chi connectivity index (χ2n) is 5.92. The van der Waals surface area contributed by atoms with Gasteiger partial charge in [0.15, 0.2) is 0 Å². The number of hydrogen-bond donors (Lipinski definition) is 2. The highest BCUT2D eigenvalue weighted by molar-refractivity contribution is 6.06. The molecule has 0 fully saturated rings. The van der Waals surface area contributed by atoms with E-state index in [0.29, 0.717) is 17.9 Å². The first-order valence-electron chi connectivity index (χ1n) is 8.26. The molecule has 0 saturated heterocycles. The van der Waals surface area contributed by atoms with Crippen molar-refractivity contribution in [3.05, 3.63) is 46.9 Å². The Balaban J connectivity index is 2.13. The highest BCUT2D eigenvalue weighted by Crippen LogP contribution is 2.24. The van der Waals surface area contributed by atoms with Crippen LogP contribution in [0.5, 0.6) is 5.75 Å². The molecule has 0 spiro atoms.